The van der Waals surface area contributed by atoms with E-state index in [0.717, 1.165) is 29.4 Å². The quantitative estimate of drug-likeness (QED) is 0.916. The molecule has 4 nitrogen and oxygen atoms in total. The van der Waals surface area contributed by atoms with Crippen LogP contribution in [0.4, 0.5) is 5.82 Å². The van der Waals surface area contributed by atoms with Crippen molar-refractivity contribution in [2.75, 3.05) is 5.73 Å². The van der Waals surface area contributed by atoms with Gasteiger partial charge in [-0.05, 0) is 37.8 Å². The lowest BCUT2D eigenvalue weighted by molar-refractivity contribution is 0.515. The maximum atomic E-state index is 5.98. The molecule has 100 valence electrons. The van der Waals surface area contributed by atoms with Crippen LogP contribution in [0, 0.1) is 12.8 Å². The van der Waals surface area contributed by atoms with Crippen LogP contribution in [0.1, 0.15) is 43.2 Å². The summed E-state index contributed by atoms with van der Waals surface area (Å²) in [7, 11) is 0. The molecule has 1 fully saturated rings. The minimum absolute atomic E-state index is 0.558. The first-order chi connectivity index (χ1) is 9.10. The number of nitrogen functional groups attached to an aromatic ring is 1. The molecule has 1 saturated carbocycles. The van der Waals surface area contributed by atoms with Gasteiger partial charge in [-0.25, -0.2) is 9.97 Å². The van der Waals surface area contributed by atoms with Crippen molar-refractivity contribution in [3.8, 4) is 11.6 Å². The van der Waals surface area contributed by atoms with Crippen molar-refractivity contribution in [2.45, 2.75) is 39.5 Å². The van der Waals surface area contributed by atoms with E-state index in [-0.39, 0.29) is 0 Å². The Bertz CT molecular complexity index is 595. The monoisotopic (exact) mass is 257 g/mol. The minimum atomic E-state index is 0.558. The van der Waals surface area contributed by atoms with Crippen molar-refractivity contribution in [1.29, 1.82) is 0 Å². The highest BCUT2D eigenvalue weighted by Gasteiger charge is 2.36. The molecule has 0 saturated heterocycles. The molecule has 2 aromatic heterocycles. The number of hydrogen-bond donors (Lipinski definition) is 1. The van der Waals surface area contributed by atoms with E-state index in [1.807, 2.05) is 19.1 Å². The van der Waals surface area contributed by atoms with Crippen molar-refractivity contribution in [3.05, 3.63) is 29.2 Å². The molecule has 2 aromatic rings. The van der Waals surface area contributed by atoms with Crippen LogP contribution >= 0.6 is 0 Å². The van der Waals surface area contributed by atoms with Crippen LogP contribution in [0.2, 0.25) is 0 Å². The zero-order valence-electron chi connectivity index (χ0n) is 11.6. The average Bonchev–Trinajstić information content (AvgIpc) is 2.91. The molecule has 1 aliphatic rings. The summed E-state index contributed by atoms with van der Waals surface area (Å²) in [6.45, 7) is 6.26. The van der Waals surface area contributed by atoms with Crippen LogP contribution in [-0.4, -0.2) is 9.97 Å². The molecule has 0 aromatic carbocycles. The largest absolute Gasteiger partial charge is 0.457 e. The molecule has 0 aliphatic heterocycles. The Labute approximate surface area is 113 Å². The second-order valence-electron chi connectivity index (χ2n) is 5.37. The average molecular weight is 257 g/mol. The number of nitrogens with two attached hydrogens (primary N) is 1. The van der Waals surface area contributed by atoms with E-state index in [1.165, 1.54) is 6.42 Å². The highest BCUT2D eigenvalue weighted by molar-refractivity contribution is 5.54. The van der Waals surface area contributed by atoms with E-state index < -0.39 is 0 Å². The number of nitrogens with zero attached hydrogens (tertiary/aromatic N) is 2. The van der Waals surface area contributed by atoms with Crippen LogP contribution in [0.3, 0.4) is 0 Å². The summed E-state index contributed by atoms with van der Waals surface area (Å²) >= 11 is 0. The van der Waals surface area contributed by atoms with Gasteiger partial charge in [0.15, 0.2) is 11.6 Å². The third-order valence-corrected chi connectivity index (χ3v) is 3.92. The zero-order chi connectivity index (χ0) is 13.6. The van der Waals surface area contributed by atoms with Gasteiger partial charge in [0.25, 0.3) is 0 Å². The topological polar surface area (TPSA) is 64.9 Å². The van der Waals surface area contributed by atoms with Gasteiger partial charge in [-0.15, -0.1) is 0 Å². The van der Waals surface area contributed by atoms with E-state index in [2.05, 4.69) is 23.8 Å². The fraction of sp³-hybridized carbons (Fsp3) is 0.467. The van der Waals surface area contributed by atoms with Gasteiger partial charge in [-0.2, -0.15) is 0 Å². The molecular formula is C15H19N3O. The Kier molecular flexibility index (Phi) is 2.81. The second-order valence-corrected chi connectivity index (χ2v) is 5.37. The van der Waals surface area contributed by atoms with Crippen molar-refractivity contribution in [1.82, 2.24) is 9.97 Å². The molecule has 4 heteroatoms. The van der Waals surface area contributed by atoms with Gasteiger partial charge in [0, 0.05) is 17.2 Å². The van der Waals surface area contributed by atoms with Crippen LogP contribution < -0.4 is 5.73 Å². The molecule has 19 heavy (non-hydrogen) atoms. The van der Waals surface area contributed by atoms with Gasteiger partial charge in [0.05, 0.1) is 0 Å². The minimum Gasteiger partial charge on any atom is -0.457 e. The SMILES string of the molecule is CCc1c(C)nc(-c2ccc(C3CC3C)o2)nc1N. The lowest BCUT2D eigenvalue weighted by Gasteiger charge is -2.07. The fourth-order valence-electron chi connectivity index (χ4n) is 2.56. The summed E-state index contributed by atoms with van der Waals surface area (Å²) in [6.07, 6.45) is 2.06. The molecule has 0 amide bonds. The molecule has 2 unspecified atom stereocenters. The molecule has 2 atom stereocenters. The standard InChI is InChI=1S/C15H19N3O/c1-4-10-9(3)17-15(18-14(10)16)13-6-5-12(19-13)11-7-8(11)2/h5-6,8,11H,4,7H2,1-3H3,(H2,16,17,18). The zero-order valence-corrected chi connectivity index (χ0v) is 11.6. The number of aryl methyl sites for hydroxylation is 1. The van der Waals surface area contributed by atoms with E-state index in [4.69, 9.17) is 10.2 Å². The summed E-state index contributed by atoms with van der Waals surface area (Å²) in [6, 6.07) is 3.98. The van der Waals surface area contributed by atoms with Crippen molar-refractivity contribution in [2.24, 2.45) is 5.92 Å². The maximum Gasteiger partial charge on any atom is 0.197 e. The van der Waals surface area contributed by atoms with E-state index in [0.29, 0.717) is 23.3 Å². The highest BCUT2D eigenvalue weighted by Crippen LogP contribution is 2.47. The first-order valence-corrected chi connectivity index (χ1v) is 6.83. The molecule has 0 spiro atoms. The van der Waals surface area contributed by atoms with Gasteiger partial charge in [-0.3, -0.25) is 0 Å². The van der Waals surface area contributed by atoms with Gasteiger partial charge < -0.3 is 10.2 Å². The third kappa shape index (κ3) is 2.11. The van der Waals surface area contributed by atoms with Crippen LogP contribution in [0.15, 0.2) is 16.5 Å². The maximum absolute atomic E-state index is 5.98. The van der Waals surface area contributed by atoms with E-state index >= 15 is 0 Å². The van der Waals surface area contributed by atoms with Crippen LogP contribution in [0.5, 0.6) is 0 Å². The van der Waals surface area contributed by atoms with E-state index in [9.17, 15) is 0 Å². The lowest BCUT2D eigenvalue weighted by atomic mass is 10.1. The van der Waals surface area contributed by atoms with E-state index in [1.54, 1.807) is 0 Å². The highest BCUT2D eigenvalue weighted by atomic mass is 16.3. The summed E-state index contributed by atoms with van der Waals surface area (Å²) in [5.74, 6) is 4.21. The Morgan fingerprint density at radius 3 is 2.68 bits per heavy atom. The van der Waals surface area contributed by atoms with Gasteiger partial charge in [0.1, 0.15) is 11.6 Å². The Hall–Kier alpha value is -1.84. The molecular weight excluding hydrogens is 238 g/mol. The first-order valence-electron chi connectivity index (χ1n) is 6.83. The summed E-state index contributed by atoms with van der Waals surface area (Å²) in [4.78, 5) is 8.86. The molecule has 0 radical (unpaired) electrons. The number of hydrogen-bond acceptors (Lipinski definition) is 4. The Morgan fingerprint density at radius 2 is 2.11 bits per heavy atom. The Morgan fingerprint density at radius 1 is 1.37 bits per heavy atom. The van der Waals surface area contributed by atoms with Crippen molar-refractivity contribution < 1.29 is 4.42 Å². The van der Waals surface area contributed by atoms with Crippen LogP contribution in [0.25, 0.3) is 11.6 Å². The van der Waals surface area contributed by atoms with Gasteiger partial charge in [-0.1, -0.05) is 13.8 Å². The fourth-order valence-corrected chi connectivity index (χ4v) is 2.56. The molecule has 3 rings (SSSR count). The molecule has 2 heterocycles. The molecule has 2 N–H and O–H groups in total. The predicted molar refractivity (Wildman–Crippen MR) is 74.8 cm³/mol. The smallest absolute Gasteiger partial charge is 0.197 e. The molecule has 1 aliphatic carbocycles. The Balaban J connectivity index is 1.95. The predicted octanol–water partition coefficient (Wildman–Crippen LogP) is 3.31. The number of aromatic nitrogens is 2. The van der Waals surface area contributed by atoms with Gasteiger partial charge >= 0.3 is 0 Å². The van der Waals surface area contributed by atoms with Crippen molar-refractivity contribution in [3.63, 3.8) is 0 Å². The third-order valence-electron chi connectivity index (χ3n) is 3.92. The number of furan rings is 1. The number of anilines is 1. The van der Waals surface area contributed by atoms with Crippen LogP contribution in [-0.2, 0) is 6.42 Å². The second kappa shape index (κ2) is 4.37. The number of rotatable bonds is 3. The summed E-state index contributed by atoms with van der Waals surface area (Å²) in [5, 5.41) is 0. The summed E-state index contributed by atoms with van der Waals surface area (Å²) in [5.41, 5.74) is 7.93. The van der Waals surface area contributed by atoms with Crippen molar-refractivity contribution >= 4 is 5.82 Å². The first kappa shape index (κ1) is 12.2. The lowest BCUT2D eigenvalue weighted by Crippen LogP contribution is -2.04. The molecule has 0 bridgehead atoms. The van der Waals surface area contributed by atoms with Gasteiger partial charge in [0.2, 0.25) is 0 Å². The summed E-state index contributed by atoms with van der Waals surface area (Å²) < 4.78 is 5.87. The normalized spacial score (nSPS) is 21.6.